The lowest BCUT2D eigenvalue weighted by Crippen LogP contribution is -2.46. The molecule has 3 aromatic rings. The van der Waals surface area contributed by atoms with E-state index in [1.165, 1.54) is 5.56 Å². The largest absolute Gasteiger partial charge is 0.369 e. The van der Waals surface area contributed by atoms with Crippen molar-refractivity contribution in [2.24, 2.45) is 0 Å². The monoisotopic (exact) mass is 387 g/mol. The number of hydrogen-bond acceptors (Lipinski definition) is 5. The van der Waals surface area contributed by atoms with Crippen LogP contribution < -0.4 is 10.2 Å². The zero-order valence-electron chi connectivity index (χ0n) is 16.4. The number of benzene rings is 1. The Morgan fingerprint density at radius 1 is 0.931 bits per heavy atom. The molecule has 0 bridgehead atoms. The molecular formula is C23H25N5O. The van der Waals surface area contributed by atoms with Gasteiger partial charge in [-0.25, -0.2) is 0 Å². The molecule has 1 aliphatic rings. The number of nitrogens with zero attached hydrogens (tertiary/aromatic N) is 4. The molecule has 1 aromatic carbocycles. The van der Waals surface area contributed by atoms with E-state index in [0.29, 0.717) is 12.2 Å². The molecule has 2 aromatic heterocycles. The Morgan fingerprint density at radius 3 is 2.48 bits per heavy atom. The smallest absolute Gasteiger partial charge is 0.270 e. The van der Waals surface area contributed by atoms with Crippen LogP contribution in [0.25, 0.3) is 0 Å². The maximum Gasteiger partial charge on any atom is 0.270 e. The lowest BCUT2D eigenvalue weighted by molar-refractivity contribution is 0.0946. The van der Waals surface area contributed by atoms with Crippen LogP contribution in [0.5, 0.6) is 0 Å². The number of piperazine rings is 1. The first-order valence-corrected chi connectivity index (χ1v) is 9.92. The van der Waals surface area contributed by atoms with E-state index in [-0.39, 0.29) is 5.91 Å². The second-order valence-corrected chi connectivity index (χ2v) is 7.19. The molecule has 0 unspecified atom stereocenters. The van der Waals surface area contributed by atoms with Gasteiger partial charge in [-0.3, -0.25) is 19.7 Å². The van der Waals surface area contributed by atoms with Crippen molar-refractivity contribution in [1.29, 1.82) is 0 Å². The lowest BCUT2D eigenvalue weighted by Gasteiger charge is -2.36. The molecule has 0 spiro atoms. The molecule has 4 rings (SSSR count). The average Bonchev–Trinajstić information content (AvgIpc) is 2.79. The van der Waals surface area contributed by atoms with Gasteiger partial charge < -0.3 is 10.2 Å². The molecule has 0 aliphatic carbocycles. The van der Waals surface area contributed by atoms with Crippen LogP contribution >= 0.6 is 0 Å². The van der Waals surface area contributed by atoms with Gasteiger partial charge in [0.15, 0.2) is 0 Å². The third kappa shape index (κ3) is 5.18. The molecule has 148 valence electrons. The number of carbonyl (C=O) groups excluding carboxylic acids is 1. The van der Waals surface area contributed by atoms with E-state index in [1.807, 2.05) is 24.3 Å². The fourth-order valence-electron chi connectivity index (χ4n) is 3.52. The number of carbonyl (C=O) groups is 1. The zero-order chi connectivity index (χ0) is 19.9. The highest BCUT2D eigenvalue weighted by Crippen LogP contribution is 2.18. The molecule has 6 heteroatoms. The number of aromatic nitrogens is 2. The summed E-state index contributed by atoms with van der Waals surface area (Å²) in [5, 5.41) is 2.91. The molecular weight excluding hydrogens is 362 g/mol. The highest BCUT2D eigenvalue weighted by atomic mass is 16.1. The third-order valence-electron chi connectivity index (χ3n) is 5.14. The van der Waals surface area contributed by atoms with E-state index in [9.17, 15) is 4.79 Å². The van der Waals surface area contributed by atoms with Gasteiger partial charge in [0.25, 0.3) is 5.91 Å². The van der Waals surface area contributed by atoms with Crippen molar-refractivity contribution in [2.75, 3.05) is 31.1 Å². The Balaban J connectivity index is 1.32. The van der Waals surface area contributed by atoms with Crippen LogP contribution in [0.1, 0.15) is 21.6 Å². The van der Waals surface area contributed by atoms with Crippen molar-refractivity contribution in [1.82, 2.24) is 20.2 Å². The Hall–Kier alpha value is -3.25. The highest BCUT2D eigenvalue weighted by Gasteiger charge is 2.18. The minimum absolute atomic E-state index is 0.168. The molecule has 0 saturated carbocycles. The first-order valence-electron chi connectivity index (χ1n) is 9.92. The van der Waals surface area contributed by atoms with Crippen LogP contribution in [0.3, 0.4) is 0 Å². The van der Waals surface area contributed by atoms with Crippen LogP contribution in [-0.4, -0.2) is 47.0 Å². The maximum absolute atomic E-state index is 12.5. The number of nitrogens with one attached hydrogen (secondary N) is 1. The molecule has 1 aliphatic heterocycles. The summed E-state index contributed by atoms with van der Waals surface area (Å²) in [6.45, 7) is 5.30. The SMILES string of the molecule is O=C(NCc1cccnc1)c1cc(N2CCN(Cc3ccccc3)CC2)ccn1. The summed E-state index contributed by atoms with van der Waals surface area (Å²) >= 11 is 0. The second kappa shape index (κ2) is 9.30. The van der Waals surface area contributed by atoms with Crippen molar-refractivity contribution in [2.45, 2.75) is 13.1 Å². The first kappa shape index (κ1) is 19.1. The summed E-state index contributed by atoms with van der Waals surface area (Å²) in [6, 6.07) is 18.2. The van der Waals surface area contributed by atoms with Gasteiger partial charge in [-0.2, -0.15) is 0 Å². The van der Waals surface area contributed by atoms with Crippen molar-refractivity contribution in [3.05, 3.63) is 90.0 Å². The van der Waals surface area contributed by atoms with Gasteiger partial charge in [0.1, 0.15) is 5.69 Å². The average molecular weight is 387 g/mol. The van der Waals surface area contributed by atoms with Crippen LogP contribution in [0.2, 0.25) is 0 Å². The van der Waals surface area contributed by atoms with E-state index < -0.39 is 0 Å². The Bertz CT molecular complexity index is 924. The number of anilines is 1. The number of hydrogen-bond donors (Lipinski definition) is 1. The molecule has 1 amide bonds. The Morgan fingerprint density at radius 2 is 1.72 bits per heavy atom. The van der Waals surface area contributed by atoms with Crippen molar-refractivity contribution >= 4 is 11.6 Å². The van der Waals surface area contributed by atoms with Gasteiger partial charge in [-0.05, 0) is 29.3 Å². The molecule has 0 atom stereocenters. The van der Waals surface area contributed by atoms with E-state index in [0.717, 1.165) is 44.0 Å². The van der Waals surface area contributed by atoms with Gasteiger partial charge in [0.2, 0.25) is 0 Å². The fraction of sp³-hybridized carbons (Fsp3) is 0.261. The van der Waals surface area contributed by atoms with E-state index >= 15 is 0 Å². The predicted octanol–water partition coefficient (Wildman–Crippen LogP) is 2.73. The standard InChI is InChI=1S/C23H25N5O/c29-23(26-17-20-7-4-9-24-16-20)22-15-21(8-10-25-22)28-13-11-27(12-14-28)18-19-5-2-1-3-6-19/h1-10,15-16H,11-14,17-18H2,(H,26,29). The molecule has 1 saturated heterocycles. The second-order valence-electron chi connectivity index (χ2n) is 7.19. The maximum atomic E-state index is 12.5. The van der Waals surface area contributed by atoms with Gasteiger partial charge in [-0.15, -0.1) is 0 Å². The Labute approximate surface area is 171 Å². The van der Waals surface area contributed by atoms with Gasteiger partial charge in [-0.1, -0.05) is 36.4 Å². The summed E-state index contributed by atoms with van der Waals surface area (Å²) in [5.74, 6) is -0.168. The van der Waals surface area contributed by atoms with E-state index in [4.69, 9.17) is 0 Å². The quantitative estimate of drug-likeness (QED) is 0.705. The summed E-state index contributed by atoms with van der Waals surface area (Å²) in [5.41, 5.74) is 3.80. The molecule has 0 radical (unpaired) electrons. The summed E-state index contributed by atoms with van der Waals surface area (Å²) in [4.78, 5) is 25.6. The van der Waals surface area contributed by atoms with Crippen molar-refractivity contribution in [3.8, 4) is 0 Å². The summed E-state index contributed by atoms with van der Waals surface area (Å²) in [7, 11) is 0. The third-order valence-corrected chi connectivity index (χ3v) is 5.14. The normalized spacial score (nSPS) is 14.6. The number of pyridine rings is 2. The molecule has 6 nitrogen and oxygen atoms in total. The minimum Gasteiger partial charge on any atom is -0.369 e. The minimum atomic E-state index is -0.168. The highest BCUT2D eigenvalue weighted by molar-refractivity contribution is 5.93. The van der Waals surface area contributed by atoms with Crippen LogP contribution in [0, 0.1) is 0 Å². The number of rotatable bonds is 6. The van der Waals surface area contributed by atoms with Gasteiger partial charge >= 0.3 is 0 Å². The Kier molecular flexibility index (Phi) is 6.12. The molecule has 3 heterocycles. The zero-order valence-corrected chi connectivity index (χ0v) is 16.4. The summed E-state index contributed by atoms with van der Waals surface area (Å²) < 4.78 is 0. The molecule has 1 N–H and O–H groups in total. The fourth-order valence-corrected chi connectivity index (χ4v) is 3.52. The number of amides is 1. The van der Waals surface area contributed by atoms with Crippen LogP contribution in [-0.2, 0) is 13.1 Å². The van der Waals surface area contributed by atoms with E-state index in [2.05, 4.69) is 55.4 Å². The van der Waals surface area contributed by atoms with Gasteiger partial charge in [0.05, 0.1) is 0 Å². The topological polar surface area (TPSA) is 61.4 Å². The lowest BCUT2D eigenvalue weighted by atomic mass is 10.2. The van der Waals surface area contributed by atoms with Crippen LogP contribution in [0.4, 0.5) is 5.69 Å². The predicted molar refractivity (Wildman–Crippen MR) is 114 cm³/mol. The van der Waals surface area contributed by atoms with Crippen LogP contribution in [0.15, 0.2) is 73.2 Å². The van der Waals surface area contributed by atoms with Gasteiger partial charge in [0, 0.05) is 63.5 Å². The van der Waals surface area contributed by atoms with Crippen molar-refractivity contribution in [3.63, 3.8) is 0 Å². The van der Waals surface area contributed by atoms with Crippen molar-refractivity contribution < 1.29 is 4.79 Å². The van der Waals surface area contributed by atoms with E-state index in [1.54, 1.807) is 18.6 Å². The molecule has 1 fully saturated rings. The first-order chi connectivity index (χ1) is 14.3. The molecule has 29 heavy (non-hydrogen) atoms. The summed E-state index contributed by atoms with van der Waals surface area (Å²) in [6.07, 6.45) is 5.18.